The van der Waals surface area contributed by atoms with Crippen LogP contribution in [0.25, 0.3) is 39.6 Å². The minimum absolute atomic E-state index is 0.401. The second-order valence-corrected chi connectivity index (χ2v) is 7.45. The molecule has 0 unspecified atom stereocenters. The van der Waals surface area contributed by atoms with E-state index in [1.165, 1.54) is 11.8 Å². The predicted molar refractivity (Wildman–Crippen MR) is 135 cm³/mol. The molecule has 34 heavy (non-hydrogen) atoms. The molecule has 0 amide bonds. The van der Waals surface area contributed by atoms with E-state index in [2.05, 4.69) is 41.2 Å². The lowest BCUT2D eigenvalue weighted by Crippen LogP contribution is -2.02. The molecule has 0 radical (unpaired) electrons. The summed E-state index contributed by atoms with van der Waals surface area (Å²) in [5, 5.41) is 0. The summed E-state index contributed by atoms with van der Waals surface area (Å²) in [6.07, 6.45) is 4.14. The third-order valence-corrected chi connectivity index (χ3v) is 5.43. The van der Waals surface area contributed by atoms with Crippen LogP contribution < -0.4 is 5.73 Å². The number of rotatable bonds is 5. The van der Waals surface area contributed by atoms with Crippen molar-refractivity contribution in [2.75, 3.05) is 5.73 Å². The van der Waals surface area contributed by atoms with Crippen LogP contribution in [0.15, 0.2) is 73.1 Å². The van der Waals surface area contributed by atoms with E-state index in [1.807, 2.05) is 42.7 Å². The predicted octanol–water partition coefficient (Wildman–Crippen LogP) is 6.18. The third-order valence-electron chi connectivity index (χ3n) is 5.43. The molecule has 0 saturated carbocycles. The van der Waals surface area contributed by atoms with Crippen molar-refractivity contribution in [2.24, 2.45) is 0 Å². The highest BCUT2D eigenvalue weighted by Crippen LogP contribution is 2.31. The molecule has 0 aliphatic carbocycles. The van der Waals surface area contributed by atoms with Crippen LogP contribution in [0.3, 0.4) is 0 Å². The summed E-state index contributed by atoms with van der Waals surface area (Å²) >= 11 is 0. The molecule has 0 spiro atoms. The molecule has 4 aromatic heterocycles. The highest BCUT2D eigenvalue weighted by Gasteiger charge is 2.18. The fraction of sp³-hybridized carbons (Fsp3) is 0.185. The number of aromatic nitrogens is 5. The van der Waals surface area contributed by atoms with Crippen LogP contribution in [0.1, 0.15) is 31.9 Å². The molecule has 172 valence electrons. The van der Waals surface area contributed by atoms with Crippen molar-refractivity contribution >= 4 is 17.0 Å². The number of imidazole rings is 1. The van der Waals surface area contributed by atoms with Crippen LogP contribution in [0, 0.1) is 0 Å². The SMILES string of the molecule is CC.CCc1ccc(-n2c(-c3cccnc3N)nc3ccc(-c4ccc(CF)cn4)nc32)cc1. The average Bonchev–Trinajstić information content (AvgIpc) is 3.28. The lowest BCUT2D eigenvalue weighted by atomic mass is 10.1. The minimum Gasteiger partial charge on any atom is -0.383 e. The smallest absolute Gasteiger partial charge is 0.165 e. The summed E-state index contributed by atoms with van der Waals surface area (Å²) < 4.78 is 14.9. The van der Waals surface area contributed by atoms with Gasteiger partial charge in [0.25, 0.3) is 0 Å². The zero-order chi connectivity index (χ0) is 24.1. The van der Waals surface area contributed by atoms with Crippen molar-refractivity contribution in [3.8, 4) is 28.5 Å². The number of halogens is 1. The Balaban J connectivity index is 0.00000133. The van der Waals surface area contributed by atoms with E-state index in [1.54, 1.807) is 18.3 Å². The van der Waals surface area contributed by atoms with Gasteiger partial charge in [-0.2, -0.15) is 0 Å². The van der Waals surface area contributed by atoms with Gasteiger partial charge in [0.05, 0.1) is 17.0 Å². The maximum Gasteiger partial charge on any atom is 0.165 e. The first-order valence-electron chi connectivity index (χ1n) is 11.4. The molecule has 5 aromatic rings. The highest BCUT2D eigenvalue weighted by atomic mass is 19.1. The Morgan fingerprint density at radius 2 is 1.59 bits per heavy atom. The quantitative estimate of drug-likeness (QED) is 0.343. The van der Waals surface area contributed by atoms with E-state index in [0.29, 0.717) is 34.2 Å². The Bertz CT molecular complexity index is 1390. The lowest BCUT2D eigenvalue weighted by molar-refractivity contribution is 0.484. The van der Waals surface area contributed by atoms with Gasteiger partial charge in [-0.05, 0) is 54.4 Å². The molecular formula is C27H27FN6. The molecule has 1 aromatic carbocycles. The zero-order valence-electron chi connectivity index (χ0n) is 19.5. The second kappa shape index (κ2) is 10.2. The van der Waals surface area contributed by atoms with Crippen molar-refractivity contribution in [1.82, 2.24) is 24.5 Å². The first-order valence-corrected chi connectivity index (χ1v) is 11.4. The van der Waals surface area contributed by atoms with Gasteiger partial charge in [0.2, 0.25) is 0 Å². The van der Waals surface area contributed by atoms with Crippen LogP contribution >= 0.6 is 0 Å². The summed E-state index contributed by atoms with van der Waals surface area (Å²) in [6.45, 7) is 5.58. The molecule has 0 fully saturated rings. The lowest BCUT2D eigenvalue weighted by Gasteiger charge is -2.11. The zero-order valence-corrected chi connectivity index (χ0v) is 19.5. The molecule has 0 aliphatic heterocycles. The van der Waals surface area contributed by atoms with Crippen molar-refractivity contribution < 1.29 is 4.39 Å². The second-order valence-electron chi connectivity index (χ2n) is 7.45. The minimum atomic E-state index is -0.545. The van der Waals surface area contributed by atoms with E-state index in [9.17, 15) is 4.39 Å². The van der Waals surface area contributed by atoms with Gasteiger partial charge in [0.15, 0.2) is 11.5 Å². The molecule has 0 saturated heterocycles. The normalized spacial score (nSPS) is 10.7. The Morgan fingerprint density at radius 1 is 0.853 bits per heavy atom. The third kappa shape index (κ3) is 4.37. The maximum absolute atomic E-state index is 12.9. The van der Waals surface area contributed by atoms with Crippen LogP contribution in [0.5, 0.6) is 0 Å². The van der Waals surface area contributed by atoms with Gasteiger partial charge < -0.3 is 5.73 Å². The number of aryl methyl sites for hydroxylation is 1. The standard InChI is InChI=1S/C25H21FN6.C2H6/c1-2-16-5-8-18(9-6-16)32-24(19-4-3-13-28-23(19)27)31-22-12-11-21(30-25(22)32)20-10-7-17(14-26)15-29-20;1-2/h3-13,15H,2,14H2,1H3,(H2,27,28);1-2H3. The van der Waals surface area contributed by atoms with Gasteiger partial charge in [0, 0.05) is 23.6 Å². The van der Waals surface area contributed by atoms with E-state index in [-0.39, 0.29) is 0 Å². The molecule has 6 nitrogen and oxygen atoms in total. The fourth-order valence-corrected chi connectivity index (χ4v) is 3.67. The van der Waals surface area contributed by atoms with Crippen LogP contribution in [0.2, 0.25) is 0 Å². The number of hydrogen-bond donors (Lipinski definition) is 1. The van der Waals surface area contributed by atoms with E-state index >= 15 is 0 Å². The van der Waals surface area contributed by atoms with Crippen molar-refractivity contribution in [1.29, 1.82) is 0 Å². The molecule has 0 bridgehead atoms. The monoisotopic (exact) mass is 454 g/mol. The number of nitrogens with zero attached hydrogens (tertiary/aromatic N) is 5. The number of anilines is 1. The summed E-state index contributed by atoms with van der Waals surface area (Å²) in [4.78, 5) is 18.3. The Kier molecular flexibility index (Phi) is 6.92. The van der Waals surface area contributed by atoms with Gasteiger partial charge in [-0.1, -0.05) is 39.0 Å². The number of nitrogens with two attached hydrogens (primary N) is 1. The number of hydrogen-bond acceptors (Lipinski definition) is 5. The molecule has 4 heterocycles. The maximum atomic E-state index is 12.9. The number of pyridine rings is 3. The van der Waals surface area contributed by atoms with E-state index < -0.39 is 6.67 Å². The number of nitrogen functional groups attached to an aromatic ring is 1. The van der Waals surface area contributed by atoms with Crippen LogP contribution in [0.4, 0.5) is 10.2 Å². The summed E-state index contributed by atoms with van der Waals surface area (Å²) in [7, 11) is 0. The van der Waals surface area contributed by atoms with Crippen molar-refractivity contribution in [3.05, 3.63) is 84.2 Å². The van der Waals surface area contributed by atoms with Gasteiger partial charge in [-0.25, -0.2) is 19.3 Å². The molecule has 7 heteroatoms. The first kappa shape index (κ1) is 23.0. The van der Waals surface area contributed by atoms with Crippen molar-refractivity contribution in [3.63, 3.8) is 0 Å². The fourth-order valence-electron chi connectivity index (χ4n) is 3.67. The molecule has 0 aliphatic rings. The first-order chi connectivity index (χ1) is 16.7. The van der Waals surface area contributed by atoms with Gasteiger partial charge in [-0.15, -0.1) is 0 Å². The van der Waals surface area contributed by atoms with E-state index in [4.69, 9.17) is 15.7 Å². The Hall–Kier alpha value is -4.13. The number of alkyl halides is 1. The number of benzene rings is 1. The average molecular weight is 455 g/mol. The highest BCUT2D eigenvalue weighted by molar-refractivity contribution is 5.84. The van der Waals surface area contributed by atoms with Gasteiger partial charge >= 0.3 is 0 Å². The molecule has 0 atom stereocenters. The summed E-state index contributed by atoms with van der Waals surface area (Å²) in [5.41, 5.74) is 12.4. The summed E-state index contributed by atoms with van der Waals surface area (Å²) in [5.74, 6) is 1.07. The molecule has 2 N–H and O–H groups in total. The van der Waals surface area contributed by atoms with Crippen molar-refractivity contribution in [2.45, 2.75) is 33.9 Å². The summed E-state index contributed by atoms with van der Waals surface area (Å²) in [6, 6.07) is 19.3. The van der Waals surface area contributed by atoms with E-state index in [0.717, 1.165) is 23.2 Å². The molecular weight excluding hydrogens is 427 g/mol. The topological polar surface area (TPSA) is 82.5 Å². The Morgan fingerprint density at radius 3 is 2.24 bits per heavy atom. The molecule has 5 rings (SSSR count). The van der Waals surface area contributed by atoms with Gasteiger partial charge in [0.1, 0.15) is 18.0 Å². The number of fused-ring (bicyclic) bond motifs is 1. The Labute approximate surface area is 198 Å². The van der Waals surface area contributed by atoms with Crippen LogP contribution in [-0.4, -0.2) is 24.5 Å². The van der Waals surface area contributed by atoms with Gasteiger partial charge in [-0.3, -0.25) is 9.55 Å². The largest absolute Gasteiger partial charge is 0.383 e. The van der Waals surface area contributed by atoms with Crippen LogP contribution in [-0.2, 0) is 13.1 Å².